The Morgan fingerprint density at radius 2 is 1.90 bits per heavy atom. The molecule has 5 aromatic rings. The van der Waals surface area contributed by atoms with Crippen molar-refractivity contribution < 1.29 is 0 Å². The number of H-pyrrole nitrogens is 2. The third-order valence-corrected chi connectivity index (χ3v) is 7.45. The summed E-state index contributed by atoms with van der Waals surface area (Å²) >= 11 is 1.78. The van der Waals surface area contributed by atoms with Gasteiger partial charge in [-0.2, -0.15) is 5.10 Å². The zero-order valence-electron chi connectivity index (χ0n) is 23.8. The lowest BCUT2D eigenvalue weighted by Gasteiger charge is -2.09. The van der Waals surface area contributed by atoms with Crippen LogP contribution < -0.4 is 0 Å². The maximum atomic E-state index is 5.02. The number of hydrogen-bond acceptors (Lipinski definition) is 5. The summed E-state index contributed by atoms with van der Waals surface area (Å²) in [7, 11) is 4.20. The summed E-state index contributed by atoms with van der Waals surface area (Å²) in [4.78, 5) is 17.8. The van der Waals surface area contributed by atoms with Crippen LogP contribution in [0.25, 0.3) is 39.3 Å². The summed E-state index contributed by atoms with van der Waals surface area (Å²) in [5.74, 6) is 0. The van der Waals surface area contributed by atoms with Crippen molar-refractivity contribution in [3.05, 3.63) is 94.1 Å². The van der Waals surface area contributed by atoms with E-state index in [4.69, 9.17) is 4.98 Å². The molecule has 0 bridgehead atoms. The third-order valence-electron chi connectivity index (χ3n) is 6.42. The highest BCUT2D eigenvalue weighted by Gasteiger charge is 2.18. The predicted octanol–water partition coefficient (Wildman–Crippen LogP) is 7.83. The Kier molecular flexibility index (Phi) is 9.28. The van der Waals surface area contributed by atoms with Gasteiger partial charge in [-0.25, -0.2) is 4.98 Å². The summed E-state index contributed by atoms with van der Waals surface area (Å²) < 4.78 is 0. The van der Waals surface area contributed by atoms with Gasteiger partial charge in [-0.15, -0.1) is 11.3 Å². The Labute approximate surface area is 235 Å². The van der Waals surface area contributed by atoms with Crippen LogP contribution >= 0.6 is 11.3 Å². The van der Waals surface area contributed by atoms with Crippen molar-refractivity contribution in [2.24, 2.45) is 0 Å². The molecule has 5 heterocycles. The number of nitrogens with one attached hydrogen (secondary N) is 2. The summed E-state index contributed by atoms with van der Waals surface area (Å²) in [6.07, 6.45) is 9.84. The molecule has 0 aliphatic heterocycles. The minimum Gasteiger partial charge on any atom is -0.357 e. The fourth-order valence-corrected chi connectivity index (χ4v) is 5.49. The van der Waals surface area contributed by atoms with E-state index >= 15 is 0 Å². The summed E-state index contributed by atoms with van der Waals surface area (Å²) in [6.45, 7) is 13.2. The number of thiophene rings is 1. The number of nitrogens with zero attached hydrogens (tertiary/aromatic N) is 4. The van der Waals surface area contributed by atoms with E-state index in [1.54, 1.807) is 11.3 Å². The number of fused-ring (bicyclic) bond motifs is 1. The van der Waals surface area contributed by atoms with Gasteiger partial charge in [-0.1, -0.05) is 32.6 Å². The van der Waals surface area contributed by atoms with E-state index in [0.717, 1.165) is 69.9 Å². The lowest BCUT2D eigenvalue weighted by Crippen LogP contribution is -2.13. The fraction of sp³-hybridized carbons (Fsp3) is 0.281. The van der Waals surface area contributed by atoms with Crippen molar-refractivity contribution in [1.82, 2.24) is 30.0 Å². The zero-order valence-corrected chi connectivity index (χ0v) is 24.6. The molecule has 202 valence electrons. The molecular weight excluding hydrogens is 500 g/mol. The quantitative estimate of drug-likeness (QED) is 0.188. The molecular formula is C32H38N6S. The molecule has 5 rings (SSSR count). The Bertz CT molecular complexity index is 1580. The van der Waals surface area contributed by atoms with E-state index in [0.29, 0.717) is 0 Å². The molecule has 0 unspecified atom stereocenters. The molecule has 0 fully saturated rings. The minimum absolute atomic E-state index is 0.807. The molecule has 5 aromatic heterocycles. The third kappa shape index (κ3) is 6.44. The lowest BCUT2D eigenvalue weighted by molar-refractivity contribution is 0.400. The van der Waals surface area contributed by atoms with Crippen molar-refractivity contribution in [2.45, 2.75) is 40.5 Å². The number of rotatable bonds is 9. The van der Waals surface area contributed by atoms with Crippen LogP contribution in [0.15, 0.2) is 67.5 Å². The molecule has 0 saturated carbocycles. The molecule has 7 heteroatoms. The highest BCUT2D eigenvalue weighted by molar-refractivity contribution is 7.13. The average molecular weight is 539 g/mol. The molecule has 0 aliphatic rings. The standard InChI is InChI=1S/C30H32N6S.C2H6/c1-6-8-23(28-13-10-19(2)37-28)24-16-27(32-20(24)3)30-29-26(34-35-30)12-11-25(33-29)22-15-21(17-31-18-22)9-7-14-36(4)5;1-2/h6,8,10-13,15-18,32H,1,7,9,14H2,2-5H3,(H,34,35);1-2H3/b23-8+;. The minimum atomic E-state index is 0.807. The molecule has 2 N–H and O–H groups in total. The number of aryl methyl sites for hydroxylation is 3. The predicted molar refractivity (Wildman–Crippen MR) is 166 cm³/mol. The molecule has 39 heavy (non-hydrogen) atoms. The summed E-state index contributed by atoms with van der Waals surface area (Å²) in [5, 5.41) is 7.79. The van der Waals surface area contributed by atoms with Crippen molar-refractivity contribution in [3.63, 3.8) is 0 Å². The largest absolute Gasteiger partial charge is 0.357 e. The van der Waals surface area contributed by atoms with Gasteiger partial charge in [0.2, 0.25) is 0 Å². The Morgan fingerprint density at radius 1 is 1.08 bits per heavy atom. The van der Waals surface area contributed by atoms with Crippen molar-refractivity contribution >= 4 is 27.9 Å². The van der Waals surface area contributed by atoms with Gasteiger partial charge in [-0.05, 0) is 89.3 Å². The summed E-state index contributed by atoms with van der Waals surface area (Å²) in [6, 6.07) is 12.8. The SMILES string of the molecule is C=C/C=C(/c1ccc(C)s1)c1cc(-c2n[nH]c3ccc(-c4cncc(CCCN(C)C)c4)nc23)[nH]c1C.CC. The molecule has 0 saturated heterocycles. The van der Waals surface area contributed by atoms with Crippen molar-refractivity contribution in [2.75, 3.05) is 20.6 Å². The topological polar surface area (TPSA) is 73.5 Å². The van der Waals surface area contributed by atoms with Crippen LogP contribution in [0.2, 0.25) is 0 Å². The van der Waals surface area contributed by atoms with Gasteiger partial charge in [0.1, 0.15) is 11.2 Å². The second-order valence-electron chi connectivity index (χ2n) is 9.60. The maximum absolute atomic E-state index is 5.02. The Balaban J connectivity index is 0.00000172. The van der Waals surface area contributed by atoms with E-state index in [1.165, 1.54) is 15.3 Å². The number of pyridine rings is 2. The van der Waals surface area contributed by atoms with E-state index in [1.807, 2.05) is 44.4 Å². The molecule has 0 aromatic carbocycles. The second kappa shape index (κ2) is 12.8. The number of aromatic nitrogens is 5. The Morgan fingerprint density at radius 3 is 2.62 bits per heavy atom. The first kappa shape index (κ1) is 28.2. The highest BCUT2D eigenvalue weighted by atomic mass is 32.1. The van der Waals surface area contributed by atoms with Gasteiger partial charge in [0.25, 0.3) is 0 Å². The van der Waals surface area contributed by atoms with E-state index in [2.05, 4.69) is 89.9 Å². The van der Waals surface area contributed by atoms with Crippen molar-refractivity contribution in [1.29, 1.82) is 0 Å². The summed E-state index contributed by atoms with van der Waals surface area (Å²) in [5.41, 5.74) is 9.98. The van der Waals surface area contributed by atoms with E-state index in [-0.39, 0.29) is 0 Å². The lowest BCUT2D eigenvalue weighted by atomic mass is 10.0. The normalized spacial score (nSPS) is 11.6. The molecule has 0 spiro atoms. The van der Waals surface area contributed by atoms with E-state index < -0.39 is 0 Å². The van der Waals surface area contributed by atoms with Gasteiger partial charge in [0.15, 0.2) is 0 Å². The zero-order chi connectivity index (χ0) is 27.9. The van der Waals surface area contributed by atoms with Gasteiger partial charge >= 0.3 is 0 Å². The van der Waals surface area contributed by atoms with Gasteiger partial charge < -0.3 is 9.88 Å². The van der Waals surface area contributed by atoms with Crippen molar-refractivity contribution in [3.8, 4) is 22.6 Å². The Hall–Kier alpha value is -3.81. The molecule has 0 radical (unpaired) electrons. The van der Waals surface area contributed by atoms with Crippen LogP contribution in [0.4, 0.5) is 0 Å². The fourth-order valence-electron chi connectivity index (χ4n) is 4.58. The first-order valence-electron chi connectivity index (χ1n) is 13.5. The van der Waals surface area contributed by atoms with Gasteiger partial charge in [0.05, 0.1) is 16.9 Å². The number of hydrogen-bond donors (Lipinski definition) is 2. The van der Waals surface area contributed by atoms with Gasteiger partial charge in [-0.3, -0.25) is 10.1 Å². The van der Waals surface area contributed by atoms with Crippen LogP contribution in [0.5, 0.6) is 0 Å². The van der Waals surface area contributed by atoms with Crippen LogP contribution in [0, 0.1) is 13.8 Å². The average Bonchev–Trinajstić information content (AvgIpc) is 3.66. The second-order valence-corrected chi connectivity index (χ2v) is 10.9. The molecule has 0 amide bonds. The number of aromatic amines is 2. The first-order chi connectivity index (χ1) is 18.9. The van der Waals surface area contributed by atoms with Crippen LogP contribution in [0.1, 0.15) is 46.8 Å². The van der Waals surface area contributed by atoms with Crippen LogP contribution in [-0.4, -0.2) is 50.7 Å². The van der Waals surface area contributed by atoms with E-state index in [9.17, 15) is 0 Å². The molecule has 0 aliphatic carbocycles. The molecule has 6 nitrogen and oxygen atoms in total. The monoisotopic (exact) mass is 538 g/mol. The van der Waals surface area contributed by atoms with Gasteiger partial charge in [0, 0.05) is 44.5 Å². The van der Waals surface area contributed by atoms with Crippen LogP contribution in [-0.2, 0) is 6.42 Å². The highest BCUT2D eigenvalue weighted by Crippen LogP contribution is 2.35. The maximum Gasteiger partial charge on any atom is 0.135 e. The number of allylic oxidation sites excluding steroid dienone is 2. The first-order valence-corrected chi connectivity index (χ1v) is 14.3. The van der Waals surface area contributed by atoms with Crippen LogP contribution in [0.3, 0.4) is 0 Å². The molecule has 0 atom stereocenters. The smallest absolute Gasteiger partial charge is 0.135 e.